The molecule has 2 rings (SSSR count). The number of carbonyl (C=O) groups excluding carboxylic acids is 1. The Hall–Kier alpha value is -1.64. The number of esters is 1. The molecule has 1 aliphatic heterocycles. The topological polar surface area (TPSA) is 93.7 Å². The van der Waals surface area contributed by atoms with Crippen molar-refractivity contribution in [2.75, 3.05) is 27.3 Å². The second-order valence-electron chi connectivity index (χ2n) is 4.66. The van der Waals surface area contributed by atoms with Crippen LogP contribution in [0.25, 0.3) is 0 Å². The summed E-state index contributed by atoms with van der Waals surface area (Å²) in [6.07, 6.45) is 0.735. The van der Waals surface area contributed by atoms with Crippen LogP contribution in [0.3, 0.4) is 0 Å². The Kier molecular flexibility index (Phi) is 4.81. The average Bonchev–Trinajstić information content (AvgIpc) is 2.97. The van der Waals surface area contributed by atoms with Crippen LogP contribution in [0.15, 0.2) is 23.1 Å². The number of rotatable bonds is 5. The number of nitrogens with one attached hydrogen (secondary N) is 2. The van der Waals surface area contributed by atoms with Gasteiger partial charge >= 0.3 is 5.97 Å². The van der Waals surface area contributed by atoms with Gasteiger partial charge in [-0.05, 0) is 31.2 Å². The number of carbonyl (C=O) groups is 1. The Balaban J connectivity index is 2.32. The van der Waals surface area contributed by atoms with Crippen LogP contribution in [-0.4, -0.2) is 47.7 Å². The maximum absolute atomic E-state index is 12.3. The van der Waals surface area contributed by atoms with Crippen molar-refractivity contribution in [2.45, 2.75) is 17.4 Å². The first-order valence-corrected chi connectivity index (χ1v) is 7.95. The molecule has 0 aromatic heterocycles. The van der Waals surface area contributed by atoms with E-state index in [1.54, 1.807) is 0 Å². The van der Waals surface area contributed by atoms with Crippen molar-refractivity contribution in [1.29, 1.82) is 0 Å². The van der Waals surface area contributed by atoms with Crippen molar-refractivity contribution in [3.63, 3.8) is 0 Å². The zero-order valence-corrected chi connectivity index (χ0v) is 12.7. The van der Waals surface area contributed by atoms with Crippen LogP contribution in [-0.2, 0) is 14.8 Å². The highest BCUT2D eigenvalue weighted by Gasteiger charge is 2.24. The maximum Gasteiger partial charge on any atom is 0.341 e. The third-order valence-corrected chi connectivity index (χ3v) is 4.79. The molecule has 0 radical (unpaired) electrons. The third-order valence-electron chi connectivity index (χ3n) is 3.27. The molecule has 0 amide bonds. The summed E-state index contributed by atoms with van der Waals surface area (Å²) in [5, 5.41) is 3.08. The molecular formula is C13H18N2O5S. The fraction of sp³-hybridized carbons (Fsp3) is 0.462. The number of benzene rings is 1. The molecule has 1 heterocycles. The van der Waals surface area contributed by atoms with Crippen LogP contribution >= 0.6 is 0 Å². The molecule has 1 unspecified atom stereocenters. The highest BCUT2D eigenvalue weighted by molar-refractivity contribution is 7.89. The van der Waals surface area contributed by atoms with Gasteiger partial charge in [-0.25, -0.2) is 17.9 Å². The number of methoxy groups -OCH3 is 2. The molecule has 2 N–H and O–H groups in total. The number of hydrogen-bond donors (Lipinski definition) is 2. The van der Waals surface area contributed by atoms with Crippen LogP contribution in [0.1, 0.15) is 16.8 Å². The molecule has 1 atom stereocenters. The number of ether oxygens (including phenoxy) is 2. The smallest absolute Gasteiger partial charge is 0.341 e. The molecule has 21 heavy (non-hydrogen) atoms. The fourth-order valence-corrected chi connectivity index (χ4v) is 3.46. The largest absolute Gasteiger partial charge is 0.496 e. The molecule has 1 aromatic carbocycles. The molecule has 1 aliphatic rings. The van der Waals surface area contributed by atoms with Crippen molar-refractivity contribution >= 4 is 16.0 Å². The minimum atomic E-state index is -3.69. The van der Waals surface area contributed by atoms with Gasteiger partial charge in [-0.15, -0.1) is 0 Å². The molecule has 1 aromatic rings. The van der Waals surface area contributed by atoms with Crippen molar-refractivity contribution in [3.8, 4) is 5.75 Å². The third kappa shape index (κ3) is 3.52. The lowest BCUT2D eigenvalue weighted by Crippen LogP contribution is -2.36. The molecule has 1 fully saturated rings. The van der Waals surface area contributed by atoms with E-state index in [2.05, 4.69) is 14.8 Å². The van der Waals surface area contributed by atoms with Gasteiger partial charge in [-0.1, -0.05) is 0 Å². The second-order valence-corrected chi connectivity index (χ2v) is 6.38. The summed E-state index contributed by atoms with van der Waals surface area (Å²) in [6, 6.07) is 3.96. The maximum atomic E-state index is 12.3. The molecule has 8 heteroatoms. The minimum Gasteiger partial charge on any atom is -0.496 e. The molecule has 0 bridgehead atoms. The van der Waals surface area contributed by atoms with E-state index in [1.165, 1.54) is 32.4 Å². The Morgan fingerprint density at radius 3 is 2.71 bits per heavy atom. The summed E-state index contributed by atoms with van der Waals surface area (Å²) in [7, 11) is -1.06. The van der Waals surface area contributed by atoms with Gasteiger partial charge < -0.3 is 14.8 Å². The zero-order valence-electron chi connectivity index (χ0n) is 11.9. The van der Waals surface area contributed by atoms with Gasteiger partial charge in [0.05, 0.1) is 19.1 Å². The van der Waals surface area contributed by atoms with Crippen molar-refractivity contribution in [3.05, 3.63) is 23.8 Å². The molecule has 7 nitrogen and oxygen atoms in total. The first kappa shape index (κ1) is 15.7. The second kappa shape index (κ2) is 6.42. The lowest BCUT2D eigenvalue weighted by Gasteiger charge is -2.13. The SMILES string of the molecule is COC(=O)c1cc(S(=O)(=O)NC2CCNC2)ccc1OC. The van der Waals surface area contributed by atoms with E-state index in [0.717, 1.165) is 13.0 Å². The minimum absolute atomic E-state index is 0.00981. The first-order valence-electron chi connectivity index (χ1n) is 6.47. The quantitative estimate of drug-likeness (QED) is 0.750. The normalized spacial score (nSPS) is 18.5. The summed E-state index contributed by atoms with van der Waals surface area (Å²) >= 11 is 0. The summed E-state index contributed by atoms with van der Waals surface area (Å²) in [6.45, 7) is 1.38. The van der Waals surface area contributed by atoms with E-state index in [-0.39, 0.29) is 22.3 Å². The van der Waals surface area contributed by atoms with E-state index in [0.29, 0.717) is 6.54 Å². The monoisotopic (exact) mass is 314 g/mol. The lowest BCUT2D eigenvalue weighted by molar-refractivity contribution is 0.0597. The number of hydrogen-bond acceptors (Lipinski definition) is 6. The molecular weight excluding hydrogens is 296 g/mol. The Bertz CT molecular complexity index is 623. The summed E-state index contributed by atoms with van der Waals surface area (Å²) in [5.41, 5.74) is 0.0763. The van der Waals surface area contributed by atoms with Crippen molar-refractivity contribution < 1.29 is 22.7 Å². The van der Waals surface area contributed by atoms with E-state index >= 15 is 0 Å². The van der Waals surface area contributed by atoms with E-state index in [4.69, 9.17) is 4.74 Å². The number of sulfonamides is 1. The molecule has 0 spiro atoms. The van der Waals surface area contributed by atoms with Crippen LogP contribution in [0.4, 0.5) is 0 Å². The Morgan fingerprint density at radius 1 is 1.38 bits per heavy atom. The van der Waals surface area contributed by atoms with Gasteiger partial charge in [0.25, 0.3) is 0 Å². The lowest BCUT2D eigenvalue weighted by atomic mass is 10.2. The van der Waals surface area contributed by atoms with Gasteiger partial charge in [0, 0.05) is 12.6 Å². The molecule has 0 aliphatic carbocycles. The van der Waals surface area contributed by atoms with Gasteiger partial charge in [0.15, 0.2) is 0 Å². The molecule has 1 saturated heterocycles. The van der Waals surface area contributed by atoms with Crippen molar-refractivity contribution in [2.24, 2.45) is 0 Å². The van der Waals surface area contributed by atoms with Crippen LogP contribution < -0.4 is 14.8 Å². The zero-order chi connectivity index (χ0) is 15.5. The predicted molar refractivity (Wildman–Crippen MR) is 75.9 cm³/mol. The fourth-order valence-electron chi connectivity index (χ4n) is 2.17. The van der Waals surface area contributed by atoms with Gasteiger partial charge in [0.1, 0.15) is 11.3 Å². The van der Waals surface area contributed by atoms with Crippen LogP contribution in [0.2, 0.25) is 0 Å². The molecule has 116 valence electrons. The first-order chi connectivity index (χ1) is 9.97. The van der Waals surface area contributed by atoms with Gasteiger partial charge in [-0.2, -0.15) is 0 Å². The van der Waals surface area contributed by atoms with Crippen molar-refractivity contribution in [1.82, 2.24) is 10.0 Å². The highest BCUT2D eigenvalue weighted by Crippen LogP contribution is 2.23. The highest BCUT2D eigenvalue weighted by atomic mass is 32.2. The standard InChI is InChI=1S/C13H18N2O5S/c1-19-12-4-3-10(7-11(12)13(16)20-2)21(17,18)15-9-5-6-14-8-9/h3-4,7,9,14-15H,5-6,8H2,1-2H3. The van der Waals surface area contributed by atoms with Crippen LogP contribution in [0.5, 0.6) is 5.75 Å². The van der Waals surface area contributed by atoms with E-state index in [9.17, 15) is 13.2 Å². The van der Waals surface area contributed by atoms with E-state index in [1.807, 2.05) is 0 Å². The molecule has 0 saturated carbocycles. The van der Waals surface area contributed by atoms with Gasteiger partial charge in [-0.3, -0.25) is 0 Å². The average molecular weight is 314 g/mol. The summed E-state index contributed by atoms with van der Waals surface area (Å²) in [5.74, 6) is -0.380. The summed E-state index contributed by atoms with van der Waals surface area (Å²) < 4.78 is 36.9. The Labute approximate surface area is 123 Å². The van der Waals surface area contributed by atoms with Gasteiger partial charge in [0.2, 0.25) is 10.0 Å². The predicted octanol–water partition coefficient (Wildman–Crippen LogP) is 0.122. The van der Waals surface area contributed by atoms with E-state index < -0.39 is 16.0 Å². The Morgan fingerprint density at radius 2 is 2.14 bits per heavy atom. The van der Waals surface area contributed by atoms with Crippen LogP contribution in [0, 0.1) is 0 Å². The summed E-state index contributed by atoms with van der Waals surface area (Å²) in [4.78, 5) is 11.7.